The summed E-state index contributed by atoms with van der Waals surface area (Å²) < 4.78 is 8.11. The molecule has 0 spiro atoms. The molecular formula is C32H39N7O2. The second kappa shape index (κ2) is 10.6. The number of amides is 1. The number of fused-ring (bicyclic) bond motifs is 1. The fourth-order valence-corrected chi connectivity index (χ4v) is 6.98. The largest absolute Gasteiger partial charge is 0.490 e. The number of anilines is 1. The van der Waals surface area contributed by atoms with Gasteiger partial charge in [0.05, 0.1) is 23.8 Å². The van der Waals surface area contributed by atoms with Gasteiger partial charge in [-0.3, -0.25) is 9.69 Å². The predicted octanol–water partition coefficient (Wildman–Crippen LogP) is 4.97. The molecule has 6 rings (SSSR count). The lowest BCUT2D eigenvalue weighted by Crippen LogP contribution is -2.44. The molecule has 2 aliphatic heterocycles. The molecule has 0 bridgehead atoms. The average molecular weight is 554 g/mol. The van der Waals surface area contributed by atoms with E-state index >= 15 is 0 Å². The van der Waals surface area contributed by atoms with Crippen LogP contribution in [0.4, 0.5) is 5.69 Å². The Morgan fingerprint density at radius 3 is 2.83 bits per heavy atom. The Morgan fingerprint density at radius 2 is 2.10 bits per heavy atom. The lowest BCUT2D eigenvalue weighted by atomic mass is 9.57. The topological polar surface area (TPSA) is 109 Å². The number of benzene rings is 1. The summed E-state index contributed by atoms with van der Waals surface area (Å²) in [5, 5.41) is 20.9. The highest BCUT2D eigenvalue weighted by atomic mass is 16.5. The second-order valence-corrected chi connectivity index (χ2v) is 13.0. The zero-order valence-electron chi connectivity index (χ0n) is 24.5. The Bertz CT molecular complexity index is 1500. The van der Waals surface area contributed by atoms with E-state index < -0.39 is 0 Å². The fraction of sp³-hybridized carbons (Fsp3) is 0.531. The molecule has 1 aliphatic carbocycles. The Balaban J connectivity index is 1.28. The summed E-state index contributed by atoms with van der Waals surface area (Å²) in [6, 6.07) is 12.2. The van der Waals surface area contributed by atoms with E-state index in [0.29, 0.717) is 36.2 Å². The third kappa shape index (κ3) is 5.10. The van der Waals surface area contributed by atoms with E-state index in [9.17, 15) is 10.1 Å². The fourth-order valence-electron chi connectivity index (χ4n) is 6.98. The minimum atomic E-state index is -0.334. The molecule has 4 heterocycles. The van der Waals surface area contributed by atoms with Gasteiger partial charge in [-0.25, -0.2) is 4.98 Å². The van der Waals surface area contributed by atoms with Gasteiger partial charge in [0.15, 0.2) is 0 Å². The smallest absolute Gasteiger partial charge is 0.274 e. The molecule has 9 heteroatoms. The van der Waals surface area contributed by atoms with Gasteiger partial charge in [-0.05, 0) is 67.8 Å². The van der Waals surface area contributed by atoms with E-state index in [0.717, 1.165) is 60.9 Å². The summed E-state index contributed by atoms with van der Waals surface area (Å²) in [6.07, 6.45) is 6.34. The molecule has 0 radical (unpaired) electrons. The number of nitriles is 1. The van der Waals surface area contributed by atoms with Crippen molar-refractivity contribution in [2.45, 2.75) is 70.3 Å². The summed E-state index contributed by atoms with van der Waals surface area (Å²) in [7, 11) is 1.95. The highest BCUT2D eigenvalue weighted by Gasteiger charge is 2.49. The van der Waals surface area contributed by atoms with Gasteiger partial charge in [0, 0.05) is 43.2 Å². The van der Waals surface area contributed by atoms with Crippen molar-refractivity contribution in [3.8, 4) is 11.8 Å². The van der Waals surface area contributed by atoms with Crippen LogP contribution >= 0.6 is 0 Å². The van der Waals surface area contributed by atoms with Gasteiger partial charge in [0.25, 0.3) is 5.91 Å². The molecule has 1 atom stereocenters. The predicted molar refractivity (Wildman–Crippen MR) is 156 cm³/mol. The Kier molecular flexibility index (Phi) is 7.06. The van der Waals surface area contributed by atoms with Gasteiger partial charge in [-0.15, -0.1) is 10.2 Å². The van der Waals surface area contributed by atoms with Gasteiger partial charge in [-0.1, -0.05) is 32.9 Å². The number of carbonyl (C=O) groups is 1. The molecule has 1 N–H and O–H groups in total. The molecule has 1 saturated heterocycles. The normalized spacial score (nSPS) is 25.0. The molecular weight excluding hydrogens is 514 g/mol. The zero-order chi connectivity index (χ0) is 28.8. The molecule has 2 fully saturated rings. The first-order chi connectivity index (χ1) is 19.7. The molecule has 41 heavy (non-hydrogen) atoms. The van der Waals surface area contributed by atoms with Gasteiger partial charge in [-0.2, -0.15) is 5.26 Å². The van der Waals surface area contributed by atoms with Crippen LogP contribution in [0.2, 0.25) is 0 Å². The summed E-state index contributed by atoms with van der Waals surface area (Å²) in [6.45, 7) is 9.96. The molecule has 3 aromatic rings. The number of hydrogen-bond donors (Lipinski definition) is 1. The summed E-state index contributed by atoms with van der Waals surface area (Å²) in [5.41, 5.74) is 3.49. The number of pyridine rings is 1. The maximum absolute atomic E-state index is 13.7. The maximum Gasteiger partial charge on any atom is 0.274 e. The van der Waals surface area contributed by atoms with Gasteiger partial charge >= 0.3 is 0 Å². The van der Waals surface area contributed by atoms with Gasteiger partial charge in [0.1, 0.15) is 23.6 Å². The third-order valence-corrected chi connectivity index (χ3v) is 9.10. The van der Waals surface area contributed by atoms with E-state index in [4.69, 9.17) is 9.72 Å². The summed E-state index contributed by atoms with van der Waals surface area (Å²) in [4.78, 5) is 21.0. The second-order valence-electron chi connectivity index (χ2n) is 13.0. The van der Waals surface area contributed by atoms with E-state index in [1.165, 1.54) is 12.8 Å². The first-order valence-electron chi connectivity index (χ1n) is 14.7. The number of ether oxygens (including phenoxy) is 1. The standard InChI is InChI=1S/C32H39N7O2/c1-21-7-6-12-39(17-21)18-23-13-26(36-28-27(23)41-19-31(28,2)3)29(40)35-25-9-5-8-24(14-25)32(15-22(16-32)10-11-33)30-37-34-20-38(30)4/h5,8-9,13-14,20-22H,6-7,10,12,15-19H2,1-4H3,(H,35,40)/t21-,22?,32?/m0/s1. The number of aromatic nitrogens is 4. The molecule has 214 valence electrons. The van der Waals surface area contributed by atoms with Crippen molar-refractivity contribution in [1.29, 1.82) is 5.26 Å². The van der Waals surface area contributed by atoms with E-state index in [1.807, 2.05) is 35.9 Å². The Labute approximate surface area is 241 Å². The molecule has 1 saturated carbocycles. The Hall–Kier alpha value is -3.77. The average Bonchev–Trinajstić information content (AvgIpc) is 3.48. The van der Waals surface area contributed by atoms with E-state index in [2.05, 4.69) is 53.3 Å². The minimum absolute atomic E-state index is 0.232. The van der Waals surface area contributed by atoms with Crippen LogP contribution in [0.25, 0.3) is 0 Å². The van der Waals surface area contributed by atoms with Crippen molar-refractivity contribution in [2.75, 3.05) is 25.0 Å². The van der Waals surface area contributed by atoms with Crippen molar-refractivity contribution >= 4 is 11.6 Å². The van der Waals surface area contributed by atoms with Crippen LogP contribution in [0.1, 0.15) is 86.0 Å². The molecule has 2 aromatic heterocycles. The van der Waals surface area contributed by atoms with Gasteiger partial charge in [0.2, 0.25) is 0 Å². The van der Waals surface area contributed by atoms with Crippen LogP contribution in [0.15, 0.2) is 36.7 Å². The van der Waals surface area contributed by atoms with Crippen molar-refractivity contribution in [3.05, 3.63) is 65.0 Å². The summed E-state index contributed by atoms with van der Waals surface area (Å²) >= 11 is 0. The van der Waals surface area contributed by atoms with Crippen LogP contribution in [0.5, 0.6) is 5.75 Å². The first-order valence-corrected chi connectivity index (χ1v) is 14.7. The van der Waals surface area contributed by atoms with Crippen molar-refractivity contribution < 1.29 is 9.53 Å². The van der Waals surface area contributed by atoms with Crippen LogP contribution in [-0.2, 0) is 24.4 Å². The first kappa shape index (κ1) is 27.4. The number of piperidine rings is 1. The number of aryl methyl sites for hydroxylation is 1. The number of carbonyl (C=O) groups excluding carboxylic acids is 1. The Morgan fingerprint density at radius 1 is 1.27 bits per heavy atom. The van der Waals surface area contributed by atoms with Gasteiger partial charge < -0.3 is 14.6 Å². The maximum atomic E-state index is 13.7. The lowest BCUT2D eigenvalue weighted by molar-refractivity contribution is 0.102. The highest BCUT2D eigenvalue weighted by molar-refractivity contribution is 6.03. The minimum Gasteiger partial charge on any atom is -0.490 e. The van der Waals surface area contributed by atoms with Crippen LogP contribution in [0.3, 0.4) is 0 Å². The molecule has 0 unspecified atom stereocenters. The van der Waals surface area contributed by atoms with Crippen molar-refractivity contribution in [1.82, 2.24) is 24.6 Å². The van der Waals surface area contributed by atoms with Crippen LogP contribution < -0.4 is 10.1 Å². The molecule has 9 nitrogen and oxygen atoms in total. The monoisotopic (exact) mass is 553 g/mol. The molecule has 1 aromatic carbocycles. The number of hydrogen-bond acceptors (Lipinski definition) is 7. The molecule has 3 aliphatic rings. The van der Waals surface area contributed by atoms with Crippen molar-refractivity contribution in [3.63, 3.8) is 0 Å². The zero-order valence-corrected chi connectivity index (χ0v) is 24.5. The van der Waals surface area contributed by atoms with Crippen molar-refractivity contribution in [2.24, 2.45) is 18.9 Å². The number of nitrogens with one attached hydrogen (secondary N) is 1. The number of nitrogens with zero attached hydrogens (tertiary/aromatic N) is 6. The third-order valence-electron chi connectivity index (χ3n) is 9.10. The van der Waals surface area contributed by atoms with E-state index in [1.54, 1.807) is 6.33 Å². The quantitative estimate of drug-likeness (QED) is 0.440. The highest BCUT2D eigenvalue weighted by Crippen LogP contribution is 2.53. The SMILES string of the molecule is C[C@H]1CCCN(Cc2cc(C(=O)Nc3cccc(C4(c5nncn5C)CC(CC#N)C4)c3)nc3c2OCC3(C)C)C1. The number of likely N-dealkylation sites (tertiary alicyclic amines) is 1. The summed E-state index contributed by atoms with van der Waals surface area (Å²) in [5.74, 6) is 2.48. The van der Waals surface area contributed by atoms with Crippen LogP contribution in [0, 0.1) is 23.2 Å². The lowest BCUT2D eigenvalue weighted by Gasteiger charge is -2.46. The number of rotatable bonds is 7. The van der Waals surface area contributed by atoms with E-state index in [-0.39, 0.29) is 16.7 Å². The molecule has 1 amide bonds. The van der Waals surface area contributed by atoms with Crippen LogP contribution in [-0.4, -0.2) is 50.3 Å².